The minimum Gasteiger partial charge on any atom is -0.479 e. The predicted molar refractivity (Wildman–Crippen MR) is 43.6 cm³/mol. The number of rotatable bonds is 2. The lowest BCUT2D eigenvalue weighted by Gasteiger charge is -2.29. The van der Waals surface area contributed by atoms with Crippen molar-refractivity contribution in [1.82, 2.24) is 0 Å². The van der Waals surface area contributed by atoms with E-state index in [1.165, 1.54) is 0 Å². The molecule has 0 aromatic heterocycles. The maximum atomic E-state index is 13.7. The van der Waals surface area contributed by atoms with Gasteiger partial charge in [0.05, 0.1) is 0 Å². The summed E-state index contributed by atoms with van der Waals surface area (Å²) in [6.07, 6.45) is 4.71. The summed E-state index contributed by atoms with van der Waals surface area (Å²) in [4.78, 5) is 10.6. The molecule has 0 aromatic carbocycles. The van der Waals surface area contributed by atoms with Crippen LogP contribution in [0.25, 0.3) is 0 Å². The highest BCUT2D eigenvalue weighted by Crippen LogP contribution is 2.35. The van der Waals surface area contributed by atoms with Crippen molar-refractivity contribution in [3.63, 3.8) is 0 Å². The Hall–Kier alpha value is -0.860. The van der Waals surface area contributed by atoms with Crippen LogP contribution in [-0.2, 0) is 4.79 Å². The lowest BCUT2D eigenvalue weighted by molar-refractivity contribution is -0.154. The van der Waals surface area contributed by atoms with Crippen molar-refractivity contribution in [2.24, 2.45) is 5.92 Å². The predicted octanol–water partition coefficient (Wildman–Crippen LogP) is 2.16. The number of carbonyl (C=O) groups is 1. The Morgan fingerprint density at radius 2 is 2.50 bits per heavy atom. The van der Waals surface area contributed by atoms with Gasteiger partial charge in [-0.15, -0.1) is 0 Å². The second-order valence-corrected chi connectivity index (χ2v) is 3.15. The van der Waals surface area contributed by atoms with Crippen LogP contribution in [-0.4, -0.2) is 16.7 Å². The Kier molecular flexibility index (Phi) is 2.50. The number of allylic oxidation sites excluding steroid dienone is 2. The molecule has 0 heterocycles. The number of hydrogen-bond donors (Lipinski definition) is 1. The number of halogens is 1. The second-order valence-electron chi connectivity index (χ2n) is 3.15. The van der Waals surface area contributed by atoms with Gasteiger partial charge in [-0.25, -0.2) is 9.18 Å². The minimum atomic E-state index is -2.02. The van der Waals surface area contributed by atoms with E-state index in [4.69, 9.17) is 5.11 Å². The third-order valence-corrected chi connectivity index (χ3v) is 2.43. The molecule has 68 valence electrons. The van der Waals surface area contributed by atoms with Crippen LogP contribution in [0.1, 0.15) is 26.2 Å². The fraction of sp³-hybridized carbons (Fsp3) is 0.667. The Labute approximate surface area is 71.1 Å². The van der Waals surface area contributed by atoms with Gasteiger partial charge in [0.1, 0.15) is 0 Å². The molecule has 1 aliphatic rings. The standard InChI is InChI=1S/C9H13FO2/c1-2-7-5-3-4-6-9(7,10)8(11)12/h3,5,7H,2,4,6H2,1H3,(H,11,12). The van der Waals surface area contributed by atoms with Crippen LogP contribution in [0.15, 0.2) is 12.2 Å². The molecule has 0 spiro atoms. The van der Waals surface area contributed by atoms with Crippen molar-refractivity contribution in [3.8, 4) is 0 Å². The molecule has 1 aliphatic carbocycles. The summed E-state index contributed by atoms with van der Waals surface area (Å²) in [5, 5.41) is 8.69. The highest BCUT2D eigenvalue weighted by Gasteiger charge is 2.45. The molecule has 2 unspecified atom stereocenters. The topological polar surface area (TPSA) is 37.3 Å². The van der Waals surface area contributed by atoms with Crippen molar-refractivity contribution in [1.29, 1.82) is 0 Å². The van der Waals surface area contributed by atoms with Gasteiger partial charge in [0, 0.05) is 5.92 Å². The zero-order valence-corrected chi connectivity index (χ0v) is 7.09. The van der Waals surface area contributed by atoms with Crippen molar-refractivity contribution >= 4 is 5.97 Å². The Morgan fingerprint density at radius 3 is 2.92 bits per heavy atom. The van der Waals surface area contributed by atoms with Gasteiger partial charge >= 0.3 is 5.97 Å². The number of carboxylic acid groups (broad SMARTS) is 1. The number of aliphatic carboxylic acids is 1. The molecule has 0 saturated carbocycles. The molecule has 0 radical (unpaired) electrons. The normalized spacial score (nSPS) is 35.0. The third kappa shape index (κ3) is 1.36. The van der Waals surface area contributed by atoms with E-state index in [0.29, 0.717) is 12.8 Å². The van der Waals surface area contributed by atoms with Gasteiger partial charge in [-0.2, -0.15) is 0 Å². The summed E-state index contributed by atoms with van der Waals surface area (Å²) >= 11 is 0. The van der Waals surface area contributed by atoms with E-state index in [2.05, 4.69) is 0 Å². The van der Waals surface area contributed by atoms with Gasteiger partial charge in [0.25, 0.3) is 0 Å². The van der Waals surface area contributed by atoms with E-state index < -0.39 is 17.6 Å². The molecule has 2 atom stereocenters. The fourth-order valence-electron chi connectivity index (χ4n) is 1.62. The van der Waals surface area contributed by atoms with Gasteiger partial charge in [-0.3, -0.25) is 0 Å². The van der Waals surface area contributed by atoms with Crippen LogP contribution < -0.4 is 0 Å². The van der Waals surface area contributed by atoms with E-state index in [0.717, 1.165) is 0 Å². The molecule has 0 saturated heterocycles. The molecule has 1 rings (SSSR count). The quantitative estimate of drug-likeness (QED) is 0.648. The van der Waals surface area contributed by atoms with Crippen LogP contribution in [0, 0.1) is 5.92 Å². The van der Waals surface area contributed by atoms with Gasteiger partial charge in [-0.05, 0) is 19.3 Å². The van der Waals surface area contributed by atoms with E-state index in [-0.39, 0.29) is 6.42 Å². The molecule has 2 nitrogen and oxygen atoms in total. The minimum absolute atomic E-state index is 0.108. The molecule has 0 amide bonds. The highest BCUT2D eigenvalue weighted by atomic mass is 19.1. The van der Waals surface area contributed by atoms with E-state index >= 15 is 0 Å². The Bertz CT molecular complexity index is 213. The zero-order valence-electron chi connectivity index (χ0n) is 7.09. The second kappa shape index (κ2) is 3.25. The first-order chi connectivity index (χ1) is 5.61. The maximum absolute atomic E-state index is 13.7. The molecule has 1 N–H and O–H groups in total. The number of alkyl halides is 1. The molecule has 0 aromatic rings. The van der Waals surface area contributed by atoms with Crippen LogP contribution in [0.4, 0.5) is 4.39 Å². The van der Waals surface area contributed by atoms with E-state index in [1.54, 1.807) is 13.0 Å². The molecule has 12 heavy (non-hydrogen) atoms. The largest absolute Gasteiger partial charge is 0.479 e. The van der Waals surface area contributed by atoms with Crippen LogP contribution in [0.5, 0.6) is 0 Å². The summed E-state index contributed by atoms with van der Waals surface area (Å²) in [5.41, 5.74) is -2.02. The molecule has 3 heteroatoms. The molecule has 0 aliphatic heterocycles. The number of hydrogen-bond acceptors (Lipinski definition) is 1. The first kappa shape index (κ1) is 9.23. The number of carboxylic acids is 1. The van der Waals surface area contributed by atoms with Gasteiger partial charge < -0.3 is 5.11 Å². The van der Waals surface area contributed by atoms with E-state index in [9.17, 15) is 9.18 Å². The zero-order chi connectivity index (χ0) is 9.19. The van der Waals surface area contributed by atoms with Crippen LogP contribution in [0.3, 0.4) is 0 Å². The SMILES string of the molecule is CCC1C=CCCC1(F)C(=O)O. The van der Waals surface area contributed by atoms with Gasteiger partial charge in [-0.1, -0.05) is 19.1 Å². The Balaban J connectivity index is 2.87. The summed E-state index contributed by atoms with van der Waals surface area (Å²) in [6.45, 7) is 1.80. The smallest absolute Gasteiger partial charge is 0.342 e. The molecule has 0 bridgehead atoms. The van der Waals surface area contributed by atoms with Crippen LogP contribution >= 0.6 is 0 Å². The van der Waals surface area contributed by atoms with Crippen molar-refractivity contribution in [3.05, 3.63) is 12.2 Å². The van der Waals surface area contributed by atoms with E-state index in [1.807, 2.05) is 6.08 Å². The average Bonchev–Trinajstić information content (AvgIpc) is 2.05. The monoisotopic (exact) mass is 172 g/mol. The summed E-state index contributed by atoms with van der Waals surface area (Å²) in [7, 11) is 0. The van der Waals surface area contributed by atoms with Crippen molar-refractivity contribution in [2.45, 2.75) is 31.9 Å². The van der Waals surface area contributed by atoms with Crippen molar-refractivity contribution < 1.29 is 14.3 Å². The van der Waals surface area contributed by atoms with Crippen molar-refractivity contribution in [2.75, 3.05) is 0 Å². The maximum Gasteiger partial charge on any atom is 0.342 e. The lowest BCUT2D eigenvalue weighted by atomic mass is 9.80. The van der Waals surface area contributed by atoms with Gasteiger partial charge in [0.15, 0.2) is 0 Å². The first-order valence-corrected chi connectivity index (χ1v) is 4.20. The fourth-order valence-corrected chi connectivity index (χ4v) is 1.62. The summed E-state index contributed by atoms with van der Waals surface area (Å²) in [6, 6.07) is 0. The Morgan fingerprint density at radius 1 is 1.83 bits per heavy atom. The lowest BCUT2D eigenvalue weighted by Crippen LogP contribution is -2.41. The summed E-state index contributed by atoms with van der Waals surface area (Å²) < 4.78 is 13.7. The average molecular weight is 172 g/mol. The third-order valence-electron chi connectivity index (χ3n) is 2.43. The van der Waals surface area contributed by atoms with Gasteiger partial charge in [0.2, 0.25) is 5.67 Å². The first-order valence-electron chi connectivity index (χ1n) is 4.20. The highest BCUT2D eigenvalue weighted by molar-refractivity contribution is 5.78. The molecule has 0 fully saturated rings. The molecular weight excluding hydrogens is 159 g/mol. The van der Waals surface area contributed by atoms with Crippen LogP contribution in [0.2, 0.25) is 0 Å². The summed E-state index contributed by atoms with van der Waals surface area (Å²) in [5.74, 6) is -1.78. The molecular formula is C9H13FO2.